The third kappa shape index (κ3) is 1.86. The Bertz CT molecular complexity index is 714. The number of rotatable bonds is 3. The zero-order valence-corrected chi connectivity index (χ0v) is 13.5. The minimum absolute atomic E-state index is 0.153. The summed E-state index contributed by atoms with van der Waals surface area (Å²) < 4.78 is 10.5. The lowest BCUT2D eigenvalue weighted by atomic mass is 9.85. The number of ether oxygens (including phenoxy) is 2. The Balaban J connectivity index is 1.80. The Hall–Kier alpha value is -2.01. The number of fused-ring (bicyclic) bond motifs is 5. The molecule has 120 valence electrons. The Morgan fingerprint density at radius 2 is 1.57 bits per heavy atom. The molecule has 4 rings (SSSR count). The van der Waals surface area contributed by atoms with Crippen LogP contribution in [0.4, 0.5) is 5.69 Å². The average Bonchev–Trinajstić information content (AvgIpc) is 3.22. The molecule has 0 spiro atoms. The maximum Gasteiger partial charge on any atom is 0.238 e. The van der Waals surface area contributed by atoms with Crippen molar-refractivity contribution < 1.29 is 19.1 Å². The number of allylic oxidation sites excluding steroid dienone is 2. The number of benzene rings is 1. The molecular formula is C17H16ClNO4. The van der Waals surface area contributed by atoms with Gasteiger partial charge in [0.2, 0.25) is 11.8 Å². The minimum Gasteiger partial charge on any atom is -0.495 e. The summed E-state index contributed by atoms with van der Waals surface area (Å²) in [5.74, 6) is 0.337. The molecule has 0 radical (unpaired) electrons. The number of halogens is 1. The molecule has 0 N–H and O–H groups in total. The summed E-state index contributed by atoms with van der Waals surface area (Å²) >= 11 is 6.11. The summed E-state index contributed by atoms with van der Waals surface area (Å²) in [5, 5.41) is 0.370. The topological polar surface area (TPSA) is 55.8 Å². The Morgan fingerprint density at radius 3 is 2.09 bits per heavy atom. The number of hydrogen-bond donors (Lipinski definition) is 0. The largest absolute Gasteiger partial charge is 0.495 e. The number of hydrogen-bond acceptors (Lipinski definition) is 4. The van der Waals surface area contributed by atoms with E-state index in [1.54, 1.807) is 12.1 Å². The molecule has 4 unspecified atom stereocenters. The van der Waals surface area contributed by atoms with Crippen LogP contribution in [0.15, 0.2) is 24.3 Å². The first-order valence-corrected chi connectivity index (χ1v) is 7.92. The molecule has 1 aliphatic heterocycles. The highest BCUT2D eigenvalue weighted by atomic mass is 35.5. The van der Waals surface area contributed by atoms with Crippen molar-refractivity contribution in [1.82, 2.24) is 0 Å². The molecule has 1 saturated heterocycles. The number of imide groups is 1. The van der Waals surface area contributed by atoms with E-state index in [1.807, 2.05) is 0 Å². The van der Waals surface area contributed by atoms with Gasteiger partial charge in [0.15, 0.2) is 0 Å². The van der Waals surface area contributed by atoms with E-state index < -0.39 is 0 Å². The number of methoxy groups -OCH3 is 2. The van der Waals surface area contributed by atoms with Crippen molar-refractivity contribution >= 4 is 29.1 Å². The predicted molar refractivity (Wildman–Crippen MR) is 84.8 cm³/mol. The van der Waals surface area contributed by atoms with Crippen molar-refractivity contribution in [2.24, 2.45) is 23.7 Å². The highest BCUT2D eigenvalue weighted by Gasteiger charge is 2.60. The summed E-state index contributed by atoms with van der Waals surface area (Å²) in [4.78, 5) is 27.0. The summed E-state index contributed by atoms with van der Waals surface area (Å²) in [7, 11) is 2.97. The van der Waals surface area contributed by atoms with E-state index in [4.69, 9.17) is 21.1 Å². The average molecular weight is 334 g/mol. The second-order valence-corrected chi connectivity index (χ2v) is 6.58. The van der Waals surface area contributed by atoms with Crippen LogP contribution in [0.3, 0.4) is 0 Å². The van der Waals surface area contributed by atoms with Gasteiger partial charge in [0, 0.05) is 12.1 Å². The summed E-state index contributed by atoms with van der Waals surface area (Å²) in [6, 6.07) is 3.16. The predicted octanol–water partition coefficient (Wildman–Crippen LogP) is 2.67. The lowest BCUT2D eigenvalue weighted by Crippen LogP contribution is -2.33. The Kier molecular flexibility index (Phi) is 3.17. The molecule has 0 aromatic heterocycles. The minimum atomic E-state index is -0.246. The molecule has 2 fully saturated rings. The van der Waals surface area contributed by atoms with Crippen LogP contribution in [-0.2, 0) is 9.59 Å². The molecule has 2 bridgehead atoms. The van der Waals surface area contributed by atoms with Crippen molar-refractivity contribution in [3.8, 4) is 11.5 Å². The fraction of sp³-hybridized carbons (Fsp3) is 0.412. The molecule has 1 aromatic rings. The van der Waals surface area contributed by atoms with Crippen molar-refractivity contribution in [3.05, 3.63) is 29.3 Å². The molecule has 5 nitrogen and oxygen atoms in total. The fourth-order valence-electron chi connectivity index (χ4n) is 4.16. The van der Waals surface area contributed by atoms with Gasteiger partial charge in [-0.2, -0.15) is 0 Å². The zero-order chi connectivity index (χ0) is 16.3. The van der Waals surface area contributed by atoms with Crippen LogP contribution >= 0.6 is 11.6 Å². The monoisotopic (exact) mass is 333 g/mol. The van der Waals surface area contributed by atoms with Crippen LogP contribution in [-0.4, -0.2) is 26.0 Å². The summed E-state index contributed by atoms with van der Waals surface area (Å²) in [6.07, 6.45) is 5.04. The van der Waals surface area contributed by atoms with Crippen LogP contribution in [0.1, 0.15) is 6.42 Å². The van der Waals surface area contributed by atoms with Crippen LogP contribution in [0.5, 0.6) is 11.5 Å². The smallest absolute Gasteiger partial charge is 0.238 e. The van der Waals surface area contributed by atoms with Gasteiger partial charge in [-0.3, -0.25) is 9.59 Å². The number of nitrogens with zero attached hydrogens (tertiary/aromatic N) is 1. The third-order valence-electron chi connectivity index (χ3n) is 5.16. The highest BCUT2D eigenvalue weighted by molar-refractivity contribution is 6.32. The molecule has 1 aromatic carbocycles. The van der Waals surface area contributed by atoms with Gasteiger partial charge in [0.25, 0.3) is 0 Å². The first-order valence-electron chi connectivity index (χ1n) is 7.54. The van der Waals surface area contributed by atoms with Crippen LogP contribution in [0, 0.1) is 23.7 Å². The van der Waals surface area contributed by atoms with Crippen LogP contribution in [0.25, 0.3) is 0 Å². The van der Waals surface area contributed by atoms with Gasteiger partial charge < -0.3 is 9.47 Å². The third-order valence-corrected chi connectivity index (χ3v) is 5.46. The molecule has 1 heterocycles. The molecule has 3 aliphatic rings. The van der Waals surface area contributed by atoms with E-state index in [0.29, 0.717) is 22.2 Å². The highest BCUT2D eigenvalue weighted by Crippen LogP contribution is 2.54. The second kappa shape index (κ2) is 4.99. The van der Waals surface area contributed by atoms with E-state index in [2.05, 4.69) is 12.2 Å². The van der Waals surface area contributed by atoms with Crippen LogP contribution in [0.2, 0.25) is 5.02 Å². The Labute approximate surface area is 138 Å². The van der Waals surface area contributed by atoms with Crippen molar-refractivity contribution in [1.29, 1.82) is 0 Å². The molecule has 2 aliphatic carbocycles. The van der Waals surface area contributed by atoms with Crippen LogP contribution < -0.4 is 14.4 Å². The molecule has 2 amide bonds. The first kappa shape index (κ1) is 14.6. The van der Waals surface area contributed by atoms with Gasteiger partial charge >= 0.3 is 0 Å². The van der Waals surface area contributed by atoms with Crippen molar-refractivity contribution in [3.63, 3.8) is 0 Å². The fourth-order valence-corrected chi connectivity index (χ4v) is 4.39. The molecule has 4 atom stereocenters. The van der Waals surface area contributed by atoms with E-state index in [1.165, 1.54) is 19.1 Å². The zero-order valence-electron chi connectivity index (χ0n) is 12.8. The second-order valence-electron chi connectivity index (χ2n) is 6.17. The van der Waals surface area contributed by atoms with Gasteiger partial charge in [0.1, 0.15) is 11.5 Å². The quantitative estimate of drug-likeness (QED) is 0.630. The van der Waals surface area contributed by atoms with Crippen molar-refractivity contribution in [2.75, 3.05) is 19.1 Å². The lowest BCUT2D eigenvalue weighted by Gasteiger charge is -2.21. The SMILES string of the molecule is COc1cc(N2C(=O)C3C4C=CC(C4)C3C2=O)c(OC)cc1Cl. The van der Waals surface area contributed by atoms with Gasteiger partial charge in [0.05, 0.1) is 36.8 Å². The molecule has 6 heteroatoms. The molecule has 1 saturated carbocycles. The van der Waals surface area contributed by atoms with E-state index in [-0.39, 0.29) is 35.5 Å². The normalized spacial score (nSPS) is 31.0. The maximum absolute atomic E-state index is 12.9. The number of amides is 2. The number of anilines is 1. The summed E-state index contributed by atoms with van der Waals surface area (Å²) in [5.41, 5.74) is 0.401. The Morgan fingerprint density at radius 1 is 1.00 bits per heavy atom. The standard InChI is InChI=1S/C17H16ClNO4/c1-22-12-7-11(13(23-2)6-10(12)18)19-16(20)14-8-3-4-9(5-8)15(14)17(19)21/h3-4,6-9,14-15H,5H2,1-2H3. The summed E-state index contributed by atoms with van der Waals surface area (Å²) in [6.45, 7) is 0. The number of carbonyl (C=O) groups excluding carboxylic acids is 2. The van der Waals surface area contributed by atoms with E-state index >= 15 is 0 Å². The van der Waals surface area contributed by atoms with Gasteiger partial charge in [-0.1, -0.05) is 23.8 Å². The van der Waals surface area contributed by atoms with E-state index in [9.17, 15) is 9.59 Å². The van der Waals surface area contributed by atoms with Gasteiger partial charge in [-0.15, -0.1) is 0 Å². The van der Waals surface area contributed by atoms with E-state index in [0.717, 1.165) is 6.42 Å². The maximum atomic E-state index is 12.9. The molecular weight excluding hydrogens is 318 g/mol. The number of carbonyl (C=O) groups is 2. The van der Waals surface area contributed by atoms with Gasteiger partial charge in [-0.25, -0.2) is 4.90 Å². The molecule has 23 heavy (non-hydrogen) atoms. The van der Waals surface area contributed by atoms with Crippen molar-refractivity contribution in [2.45, 2.75) is 6.42 Å². The van der Waals surface area contributed by atoms with Gasteiger partial charge in [-0.05, 0) is 18.3 Å². The lowest BCUT2D eigenvalue weighted by molar-refractivity contribution is -0.123. The first-order chi connectivity index (χ1) is 11.1.